The molecule has 0 aromatic rings. The van der Waals surface area contributed by atoms with E-state index in [0.717, 1.165) is 18.0 Å². The predicted molar refractivity (Wildman–Crippen MR) is 99.8 cm³/mol. The largest absolute Gasteiger partial charge is 0.508 e. The molecule has 0 radical (unpaired) electrons. The van der Waals surface area contributed by atoms with E-state index < -0.39 is 6.16 Å². The van der Waals surface area contributed by atoms with Crippen LogP contribution >= 0.6 is 67.8 Å². The molecule has 6 heteroatoms. The van der Waals surface area contributed by atoms with E-state index in [-0.39, 0.29) is 0 Å². The van der Waals surface area contributed by atoms with E-state index in [0.29, 0.717) is 13.2 Å². The molecule has 0 aliphatic rings. The van der Waals surface area contributed by atoms with Crippen LogP contribution < -0.4 is 0 Å². The summed E-state index contributed by atoms with van der Waals surface area (Å²) in [6.45, 7) is 2.97. The first-order valence-corrected chi connectivity index (χ1v) is 9.30. The summed E-state index contributed by atoms with van der Waals surface area (Å²) in [7, 11) is 0. The van der Waals surface area contributed by atoms with Crippen molar-refractivity contribution in [1.82, 2.24) is 0 Å². The molecule has 0 amide bonds. The normalized spacial score (nSPS) is 10.0. The van der Waals surface area contributed by atoms with Gasteiger partial charge in [-0.2, -0.15) is 0 Å². The Morgan fingerprint density at radius 2 is 1.56 bits per heavy atom. The summed E-state index contributed by atoms with van der Waals surface area (Å²) in [6, 6.07) is 0. The van der Waals surface area contributed by atoms with Crippen molar-refractivity contribution < 1.29 is 14.3 Å². The van der Waals surface area contributed by atoms with Crippen LogP contribution in [0.5, 0.6) is 0 Å². The molecule has 0 aromatic heterocycles. The minimum absolute atomic E-state index is 0.303. The number of carbonyl (C=O) groups excluding carboxylic acids is 1. The van der Waals surface area contributed by atoms with Gasteiger partial charge in [0.1, 0.15) is 6.61 Å². The molecule has 0 rings (SSSR count). The average molecular weight is 592 g/mol. The van der Waals surface area contributed by atoms with Gasteiger partial charge in [0.15, 0.2) is 0 Å². The molecule has 0 saturated carbocycles. The van der Waals surface area contributed by atoms with Crippen LogP contribution in [-0.4, -0.2) is 19.4 Å². The average Bonchev–Trinajstić information content (AvgIpc) is 2.34. The quantitative estimate of drug-likeness (QED) is 0.188. The maximum absolute atomic E-state index is 11.2. The molecule has 0 aliphatic heterocycles. The first kappa shape index (κ1) is 19.2. The number of rotatable bonds is 9. The monoisotopic (exact) mass is 592 g/mol. The Hall–Kier alpha value is 1.20. The number of halogens is 3. The molecule has 18 heavy (non-hydrogen) atoms. The molecule has 0 bridgehead atoms. The summed E-state index contributed by atoms with van der Waals surface area (Å²) >= 11 is 6.55. The molecule has 0 atom stereocenters. The molecule has 0 saturated heterocycles. The van der Waals surface area contributed by atoms with Crippen molar-refractivity contribution in [3.05, 3.63) is 5.17 Å². The number of hydrogen-bond donors (Lipinski definition) is 0. The highest BCUT2D eigenvalue weighted by atomic mass is 127. The lowest BCUT2D eigenvalue weighted by molar-refractivity contribution is 0.0617. The van der Waals surface area contributed by atoms with Crippen LogP contribution in [0.25, 0.3) is 0 Å². The lowest BCUT2D eigenvalue weighted by Crippen LogP contribution is -2.09. The van der Waals surface area contributed by atoms with Gasteiger partial charge in [-0.3, -0.25) is 0 Å². The summed E-state index contributed by atoms with van der Waals surface area (Å²) in [5, 5.41) is 0. The maximum atomic E-state index is 11.2. The second kappa shape index (κ2) is 13.2. The summed E-state index contributed by atoms with van der Waals surface area (Å²) in [5.41, 5.74) is 0. The number of ether oxygens (including phenoxy) is 2. The SMILES string of the molecule is CCCCCCCCOC(=O)OCC(I)=C(I)I. The highest BCUT2D eigenvalue weighted by Gasteiger charge is 2.05. The minimum Gasteiger partial charge on any atom is -0.434 e. The van der Waals surface area contributed by atoms with Crippen LogP contribution in [0.1, 0.15) is 45.4 Å². The van der Waals surface area contributed by atoms with Crippen molar-refractivity contribution in [3.8, 4) is 0 Å². The molecule has 0 aromatic carbocycles. The third kappa shape index (κ3) is 12.2. The fourth-order valence-electron chi connectivity index (χ4n) is 1.26. The predicted octanol–water partition coefficient (Wildman–Crippen LogP) is 5.97. The zero-order chi connectivity index (χ0) is 13.8. The zero-order valence-electron chi connectivity index (χ0n) is 10.5. The van der Waals surface area contributed by atoms with E-state index in [4.69, 9.17) is 9.47 Å². The van der Waals surface area contributed by atoms with Crippen molar-refractivity contribution in [2.75, 3.05) is 13.2 Å². The Kier molecular flexibility index (Phi) is 14.1. The lowest BCUT2D eigenvalue weighted by atomic mass is 10.1. The Morgan fingerprint density at radius 1 is 0.944 bits per heavy atom. The molecule has 106 valence electrons. The van der Waals surface area contributed by atoms with Crippen LogP contribution in [0, 0.1) is 0 Å². The summed E-state index contributed by atoms with van der Waals surface area (Å²) < 4.78 is 12.1. The van der Waals surface area contributed by atoms with Crippen LogP contribution in [-0.2, 0) is 9.47 Å². The zero-order valence-corrected chi connectivity index (χ0v) is 17.0. The summed E-state index contributed by atoms with van der Waals surface area (Å²) in [5.74, 6) is 0. The molecular weight excluding hydrogens is 573 g/mol. The van der Waals surface area contributed by atoms with Gasteiger partial charge in [0.2, 0.25) is 0 Å². The van der Waals surface area contributed by atoms with Crippen molar-refractivity contribution in [2.24, 2.45) is 0 Å². The summed E-state index contributed by atoms with van der Waals surface area (Å²) in [4.78, 5) is 11.2. The Morgan fingerprint density at radius 3 is 2.17 bits per heavy atom. The Balaban J connectivity index is 3.41. The van der Waals surface area contributed by atoms with Crippen molar-refractivity contribution in [2.45, 2.75) is 45.4 Å². The second-order valence-electron chi connectivity index (χ2n) is 3.82. The van der Waals surface area contributed by atoms with E-state index in [2.05, 4.69) is 74.7 Å². The van der Waals surface area contributed by atoms with Gasteiger partial charge in [0.05, 0.1) is 8.19 Å². The van der Waals surface area contributed by atoms with E-state index >= 15 is 0 Å². The molecule has 0 spiro atoms. The highest BCUT2D eigenvalue weighted by Crippen LogP contribution is 2.25. The topological polar surface area (TPSA) is 35.5 Å². The third-order valence-electron chi connectivity index (χ3n) is 2.24. The molecular formula is C12H19I3O3. The van der Waals surface area contributed by atoms with E-state index in [1.165, 1.54) is 25.7 Å². The molecule has 0 fully saturated rings. The van der Waals surface area contributed by atoms with Gasteiger partial charge in [0.25, 0.3) is 0 Å². The maximum Gasteiger partial charge on any atom is 0.508 e. The first-order chi connectivity index (χ1) is 8.57. The van der Waals surface area contributed by atoms with Gasteiger partial charge >= 0.3 is 6.16 Å². The second-order valence-corrected chi connectivity index (χ2v) is 9.34. The standard InChI is InChI=1S/C12H19I3O3/c1-2-3-4-5-6-7-8-17-12(16)18-9-10(13)11(14)15/h2-9H2,1H3. The van der Waals surface area contributed by atoms with Crippen molar-refractivity contribution >= 4 is 73.9 Å². The highest BCUT2D eigenvalue weighted by molar-refractivity contribution is 14.2. The minimum atomic E-state index is -0.563. The van der Waals surface area contributed by atoms with E-state index in [1.54, 1.807) is 0 Å². The van der Waals surface area contributed by atoms with Crippen LogP contribution in [0.2, 0.25) is 0 Å². The van der Waals surface area contributed by atoms with Gasteiger partial charge in [-0.25, -0.2) is 4.79 Å². The Labute approximate surface area is 150 Å². The van der Waals surface area contributed by atoms with Crippen molar-refractivity contribution in [1.29, 1.82) is 0 Å². The van der Waals surface area contributed by atoms with Gasteiger partial charge in [0, 0.05) is 3.58 Å². The molecule has 0 aliphatic carbocycles. The molecule has 0 unspecified atom stereocenters. The fourth-order valence-corrected chi connectivity index (χ4v) is 1.72. The van der Waals surface area contributed by atoms with Crippen LogP contribution in [0.4, 0.5) is 4.79 Å². The fraction of sp³-hybridized carbons (Fsp3) is 0.750. The number of unbranched alkanes of at least 4 members (excludes halogenated alkanes) is 5. The van der Waals surface area contributed by atoms with E-state index in [1.807, 2.05) is 0 Å². The van der Waals surface area contributed by atoms with E-state index in [9.17, 15) is 4.79 Å². The third-order valence-corrected chi connectivity index (χ3v) is 6.46. The molecule has 0 N–H and O–H groups in total. The van der Waals surface area contributed by atoms with Gasteiger partial charge < -0.3 is 9.47 Å². The number of carbonyl (C=O) groups is 1. The lowest BCUT2D eigenvalue weighted by Gasteiger charge is -2.06. The number of hydrogen-bond acceptors (Lipinski definition) is 3. The molecule has 0 heterocycles. The first-order valence-electron chi connectivity index (χ1n) is 6.07. The van der Waals surface area contributed by atoms with Crippen LogP contribution in [0.3, 0.4) is 0 Å². The van der Waals surface area contributed by atoms with Gasteiger partial charge in [-0.15, -0.1) is 0 Å². The van der Waals surface area contributed by atoms with Crippen LogP contribution in [0.15, 0.2) is 5.17 Å². The summed E-state index contributed by atoms with van der Waals surface area (Å²) in [6.07, 6.45) is 6.53. The Bertz CT molecular complexity index is 263. The molecule has 3 nitrogen and oxygen atoms in total. The van der Waals surface area contributed by atoms with Crippen molar-refractivity contribution in [3.63, 3.8) is 0 Å². The van der Waals surface area contributed by atoms with Gasteiger partial charge in [-0.05, 0) is 74.2 Å². The smallest absolute Gasteiger partial charge is 0.434 e. The van der Waals surface area contributed by atoms with Gasteiger partial charge in [-0.1, -0.05) is 39.0 Å².